The van der Waals surface area contributed by atoms with E-state index in [1.807, 2.05) is 54.4 Å². The van der Waals surface area contributed by atoms with Gasteiger partial charge in [0.2, 0.25) is 5.95 Å². The van der Waals surface area contributed by atoms with Gasteiger partial charge in [-0.15, -0.1) is 0 Å². The number of benzene rings is 2. The standard InChI is InChI=1S/C20H22N4O/c1-24(17-8-4-3-5-9-17)19-12-14-22-20(23-19)21-13-11-16-7-6-10-18(15-16)25-2/h3-10,12,14-15H,11,13H2,1-2H3,(H,21,22,23). The lowest BCUT2D eigenvalue weighted by molar-refractivity contribution is 0.414. The molecule has 0 atom stereocenters. The molecule has 3 rings (SSSR count). The number of methoxy groups -OCH3 is 1. The van der Waals surface area contributed by atoms with E-state index in [9.17, 15) is 0 Å². The van der Waals surface area contributed by atoms with Crippen LogP contribution in [0.5, 0.6) is 5.75 Å². The van der Waals surface area contributed by atoms with Gasteiger partial charge in [0.15, 0.2) is 0 Å². The second kappa shape index (κ2) is 8.15. The monoisotopic (exact) mass is 334 g/mol. The summed E-state index contributed by atoms with van der Waals surface area (Å²) in [6.07, 6.45) is 2.65. The highest BCUT2D eigenvalue weighted by atomic mass is 16.5. The average Bonchev–Trinajstić information content (AvgIpc) is 2.68. The van der Waals surface area contributed by atoms with Crippen LogP contribution in [0.25, 0.3) is 0 Å². The van der Waals surface area contributed by atoms with Crippen LogP contribution in [-0.2, 0) is 6.42 Å². The van der Waals surface area contributed by atoms with Crippen LogP contribution < -0.4 is 15.0 Å². The Bertz CT molecular complexity index is 808. The number of anilines is 3. The van der Waals surface area contributed by atoms with Crippen LogP contribution in [0.2, 0.25) is 0 Å². The molecule has 3 aromatic rings. The summed E-state index contributed by atoms with van der Waals surface area (Å²) in [5.41, 5.74) is 2.30. The van der Waals surface area contributed by atoms with Gasteiger partial charge in [-0.2, -0.15) is 4.98 Å². The molecule has 128 valence electrons. The Morgan fingerprint density at radius 1 is 1.04 bits per heavy atom. The Balaban J connectivity index is 1.62. The van der Waals surface area contributed by atoms with E-state index >= 15 is 0 Å². The number of hydrogen-bond acceptors (Lipinski definition) is 5. The lowest BCUT2D eigenvalue weighted by Crippen LogP contribution is -2.14. The maximum atomic E-state index is 5.25. The molecule has 25 heavy (non-hydrogen) atoms. The van der Waals surface area contributed by atoms with Crippen molar-refractivity contribution in [3.63, 3.8) is 0 Å². The minimum atomic E-state index is 0.628. The number of rotatable bonds is 7. The van der Waals surface area contributed by atoms with Crippen molar-refractivity contribution in [2.75, 3.05) is 30.9 Å². The second-order valence-corrected chi connectivity index (χ2v) is 5.66. The molecule has 1 N–H and O–H groups in total. The van der Waals surface area contributed by atoms with Gasteiger partial charge in [-0.1, -0.05) is 30.3 Å². The highest BCUT2D eigenvalue weighted by Crippen LogP contribution is 2.21. The fraction of sp³-hybridized carbons (Fsp3) is 0.200. The van der Waals surface area contributed by atoms with Gasteiger partial charge in [0.25, 0.3) is 0 Å². The van der Waals surface area contributed by atoms with Gasteiger partial charge < -0.3 is 15.0 Å². The number of nitrogens with zero attached hydrogens (tertiary/aromatic N) is 3. The predicted octanol–water partition coefficient (Wildman–Crippen LogP) is 3.91. The second-order valence-electron chi connectivity index (χ2n) is 5.66. The molecule has 0 aliphatic heterocycles. The molecule has 0 fully saturated rings. The SMILES string of the molecule is COc1cccc(CCNc2nccc(N(C)c3ccccc3)n2)c1. The molecular formula is C20H22N4O. The summed E-state index contributed by atoms with van der Waals surface area (Å²) >= 11 is 0. The van der Waals surface area contributed by atoms with E-state index in [-0.39, 0.29) is 0 Å². The predicted molar refractivity (Wildman–Crippen MR) is 102 cm³/mol. The molecule has 0 amide bonds. The van der Waals surface area contributed by atoms with Crippen LogP contribution in [0.15, 0.2) is 66.9 Å². The fourth-order valence-corrected chi connectivity index (χ4v) is 2.55. The zero-order valence-corrected chi connectivity index (χ0v) is 14.5. The largest absolute Gasteiger partial charge is 0.497 e. The first-order chi connectivity index (χ1) is 12.3. The summed E-state index contributed by atoms with van der Waals surface area (Å²) < 4.78 is 5.25. The van der Waals surface area contributed by atoms with Crippen molar-refractivity contribution in [3.05, 3.63) is 72.4 Å². The third-order valence-corrected chi connectivity index (χ3v) is 3.96. The molecule has 0 aliphatic rings. The highest BCUT2D eigenvalue weighted by Gasteiger charge is 2.06. The Kier molecular flexibility index (Phi) is 5.46. The smallest absolute Gasteiger partial charge is 0.224 e. The van der Waals surface area contributed by atoms with Gasteiger partial charge in [0.05, 0.1) is 7.11 Å². The zero-order valence-electron chi connectivity index (χ0n) is 14.5. The van der Waals surface area contributed by atoms with Crippen LogP contribution in [0.3, 0.4) is 0 Å². The van der Waals surface area contributed by atoms with E-state index in [1.54, 1.807) is 13.3 Å². The summed E-state index contributed by atoms with van der Waals surface area (Å²) in [5, 5.41) is 3.29. The van der Waals surface area contributed by atoms with Gasteiger partial charge in [-0.3, -0.25) is 0 Å². The van der Waals surface area contributed by atoms with Crippen LogP contribution in [0, 0.1) is 0 Å². The first-order valence-electron chi connectivity index (χ1n) is 8.25. The van der Waals surface area contributed by atoms with E-state index in [0.29, 0.717) is 5.95 Å². The van der Waals surface area contributed by atoms with Gasteiger partial charge >= 0.3 is 0 Å². The molecule has 5 heteroatoms. The van der Waals surface area contributed by atoms with E-state index in [2.05, 4.69) is 33.5 Å². The van der Waals surface area contributed by atoms with Crippen molar-refractivity contribution in [1.82, 2.24) is 9.97 Å². The van der Waals surface area contributed by atoms with Crippen LogP contribution >= 0.6 is 0 Å². The Labute approximate surface area is 148 Å². The first kappa shape index (κ1) is 16.8. The van der Waals surface area contributed by atoms with Crippen molar-refractivity contribution >= 4 is 17.5 Å². The van der Waals surface area contributed by atoms with Crippen molar-refractivity contribution in [2.24, 2.45) is 0 Å². The molecule has 1 aromatic heterocycles. The molecule has 0 aliphatic carbocycles. The quantitative estimate of drug-likeness (QED) is 0.710. The summed E-state index contributed by atoms with van der Waals surface area (Å²) in [6, 6.07) is 20.1. The van der Waals surface area contributed by atoms with Gasteiger partial charge in [-0.05, 0) is 42.3 Å². The Hall–Kier alpha value is -3.08. The van der Waals surface area contributed by atoms with Crippen molar-refractivity contribution in [2.45, 2.75) is 6.42 Å². The lowest BCUT2D eigenvalue weighted by atomic mass is 10.1. The van der Waals surface area contributed by atoms with Crippen LogP contribution in [0.1, 0.15) is 5.56 Å². The van der Waals surface area contributed by atoms with E-state index in [0.717, 1.165) is 30.2 Å². The molecule has 0 saturated heterocycles. The van der Waals surface area contributed by atoms with Crippen molar-refractivity contribution in [3.8, 4) is 5.75 Å². The maximum Gasteiger partial charge on any atom is 0.224 e. The minimum absolute atomic E-state index is 0.628. The molecule has 5 nitrogen and oxygen atoms in total. The third kappa shape index (κ3) is 4.47. The van der Waals surface area contributed by atoms with Gasteiger partial charge in [0.1, 0.15) is 11.6 Å². The lowest BCUT2D eigenvalue weighted by Gasteiger charge is -2.18. The van der Waals surface area contributed by atoms with Crippen molar-refractivity contribution < 1.29 is 4.74 Å². The Morgan fingerprint density at radius 2 is 1.88 bits per heavy atom. The Morgan fingerprint density at radius 3 is 2.68 bits per heavy atom. The number of aromatic nitrogens is 2. The summed E-state index contributed by atoms with van der Waals surface area (Å²) in [6.45, 7) is 0.756. The normalized spacial score (nSPS) is 10.3. The molecule has 0 spiro atoms. The zero-order chi connectivity index (χ0) is 17.5. The molecule has 0 saturated carbocycles. The molecule has 2 aromatic carbocycles. The molecule has 0 radical (unpaired) electrons. The maximum absolute atomic E-state index is 5.25. The summed E-state index contributed by atoms with van der Waals surface area (Å²) in [7, 11) is 3.68. The first-order valence-corrected chi connectivity index (χ1v) is 8.25. The molecular weight excluding hydrogens is 312 g/mol. The topological polar surface area (TPSA) is 50.3 Å². The average molecular weight is 334 g/mol. The van der Waals surface area contributed by atoms with Crippen molar-refractivity contribution in [1.29, 1.82) is 0 Å². The number of nitrogens with one attached hydrogen (secondary N) is 1. The highest BCUT2D eigenvalue weighted by molar-refractivity contribution is 5.59. The summed E-state index contributed by atoms with van der Waals surface area (Å²) in [4.78, 5) is 10.9. The van der Waals surface area contributed by atoms with Crippen LogP contribution in [-0.4, -0.2) is 30.7 Å². The van der Waals surface area contributed by atoms with Crippen LogP contribution in [0.4, 0.5) is 17.5 Å². The number of hydrogen-bond donors (Lipinski definition) is 1. The molecule has 0 bridgehead atoms. The van der Waals surface area contributed by atoms with E-state index in [4.69, 9.17) is 4.74 Å². The fourth-order valence-electron chi connectivity index (χ4n) is 2.55. The number of para-hydroxylation sites is 1. The minimum Gasteiger partial charge on any atom is -0.497 e. The molecule has 1 heterocycles. The van der Waals surface area contributed by atoms with Gasteiger partial charge in [-0.25, -0.2) is 4.98 Å². The molecule has 0 unspecified atom stereocenters. The summed E-state index contributed by atoms with van der Waals surface area (Å²) in [5.74, 6) is 2.36. The third-order valence-electron chi connectivity index (χ3n) is 3.96. The van der Waals surface area contributed by atoms with Gasteiger partial charge in [0, 0.05) is 25.5 Å². The number of ether oxygens (including phenoxy) is 1. The van der Waals surface area contributed by atoms with E-state index in [1.165, 1.54) is 5.56 Å². The van der Waals surface area contributed by atoms with E-state index < -0.39 is 0 Å².